The molecule has 0 spiro atoms. The molecule has 64 heavy (non-hydrogen) atoms. The summed E-state index contributed by atoms with van der Waals surface area (Å²) in [6.07, 6.45) is 53.8. The summed E-state index contributed by atoms with van der Waals surface area (Å²) in [5, 5.41) is 0. The molecule has 0 heterocycles. The molecule has 0 aromatic heterocycles. The van der Waals surface area contributed by atoms with Crippen molar-refractivity contribution in [2.75, 3.05) is 13.2 Å². The van der Waals surface area contributed by atoms with Crippen molar-refractivity contribution in [2.45, 2.75) is 330 Å². The fraction of sp³-hybridized carbons (Fsp3) is 0.948. The Kier molecular flexibility index (Phi) is 49.6. The highest BCUT2D eigenvalue weighted by molar-refractivity contribution is 5.71. The Bertz CT molecular complexity index is 978. The number of unbranched alkanes of at least 4 members (excludes halogenated alkanes) is 37. The number of hydrogen-bond donors (Lipinski definition) is 0. The van der Waals surface area contributed by atoms with Crippen LogP contribution in [0.4, 0.5) is 0 Å². The van der Waals surface area contributed by atoms with Crippen molar-refractivity contribution in [2.24, 2.45) is 11.8 Å². The van der Waals surface area contributed by atoms with E-state index in [1.165, 1.54) is 212 Å². The topological polar surface area (TPSA) is 78.9 Å². The lowest BCUT2D eigenvalue weighted by Crippen LogP contribution is -2.30. The highest BCUT2D eigenvalue weighted by Crippen LogP contribution is 2.18. The van der Waals surface area contributed by atoms with E-state index < -0.39 is 6.10 Å². The van der Waals surface area contributed by atoms with Crippen LogP contribution in [0.15, 0.2) is 0 Å². The van der Waals surface area contributed by atoms with Gasteiger partial charge in [-0.1, -0.05) is 285 Å². The maximum atomic E-state index is 12.8. The summed E-state index contributed by atoms with van der Waals surface area (Å²) >= 11 is 0. The predicted octanol–water partition coefficient (Wildman–Crippen LogP) is 18.9. The van der Waals surface area contributed by atoms with Crippen LogP contribution in [0.25, 0.3) is 0 Å². The molecule has 0 aliphatic rings. The van der Waals surface area contributed by atoms with Gasteiger partial charge in [0.1, 0.15) is 13.2 Å². The van der Waals surface area contributed by atoms with E-state index in [0.29, 0.717) is 19.3 Å². The van der Waals surface area contributed by atoms with Crippen molar-refractivity contribution < 1.29 is 28.6 Å². The summed E-state index contributed by atoms with van der Waals surface area (Å²) in [7, 11) is 0. The molecule has 0 fully saturated rings. The van der Waals surface area contributed by atoms with Crippen molar-refractivity contribution in [1.29, 1.82) is 0 Å². The molecular formula is C58H112O6. The summed E-state index contributed by atoms with van der Waals surface area (Å²) < 4.78 is 16.9. The zero-order valence-electron chi connectivity index (χ0n) is 43.9. The second-order valence-electron chi connectivity index (χ2n) is 20.9. The van der Waals surface area contributed by atoms with Crippen LogP contribution in [0.1, 0.15) is 324 Å². The Balaban J connectivity index is 4.29. The number of esters is 3. The lowest BCUT2D eigenvalue weighted by atomic mass is 10.0. The fourth-order valence-corrected chi connectivity index (χ4v) is 8.87. The summed E-state index contributed by atoms with van der Waals surface area (Å²) in [4.78, 5) is 38.1. The van der Waals surface area contributed by atoms with Crippen molar-refractivity contribution in [3.8, 4) is 0 Å². The van der Waals surface area contributed by atoms with Gasteiger partial charge in [-0.25, -0.2) is 0 Å². The van der Waals surface area contributed by atoms with E-state index in [4.69, 9.17) is 14.2 Å². The molecule has 380 valence electrons. The van der Waals surface area contributed by atoms with Gasteiger partial charge in [0.2, 0.25) is 0 Å². The van der Waals surface area contributed by atoms with E-state index in [2.05, 4.69) is 34.6 Å². The van der Waals surface area contributed by atoms with E-state index >= 15 is 0 Å². The molecule has 6 nitrogen and oxygen atoms in total. The molecule has 6 heteroatoms. The number of carbonyl (C=O) groups excluding carboxylic acids is 3. The van der Waals surface area contributed by atoms with E-state index in [9.17, 15) is 14.4 Å². The molecule has 0 aliphatic carbocycles. The standard InChI is InChI=1S/C58H112O6/c1-6-7-8-9-10-11-12-13-14-15-16-17-18-23-28-33-38-43-48-56(59)62-51-55(64-58(61)50-45-40-35-30-25-20-22-27-32-37-42-47-54(4)5)52-63-57(60)49-44-39-34-29-24-19-21-26-31-36-41-46-53(2)3/h53-55H,6-52H2,1-5H3/t55-/m0/s1. The smallest absolute Gasteiger partial charge is 0.306 e. The molecule has 1 atom stereocenters. The predicted molar refractivity (Wildman–Crippen MR) is 275 cm³/mol. The number of carbonyl (C=O) groups is 3. The van der Waals surface area contributed by atoms with Gasteiger partial charge in [-0.15, -0.1) is 0 Å². The SMILES string of the molecule is CCCCCCCCCCCCCCCCCCCCC(=O)OC[C@@H](COC(=O)CCCCCCCCCCCCCC(C)C)OC(=O)CCCCCCCCCCCCCC(C)C. The van der Waals surface area contributed by atoms with Crippen LogP contribution in [0.2, 0.25) is 0 Å². The Labute approximate surface area is 399 Å². The van der Waals surface area contributed by atoms with E-state index in [0.717, 1.165) is 69.6 Å². The third kappa shape index (κ3) is 51.4. The molecule has 0 aromatic rings. The number of rotatable bonds is 52. The molecule has 0 N–H and O–H groups in total. The van der Waals surface area contributed by atoms with Crippen LogP contribution in [0.5, 0.6) is 0 Å². The van der Waals surface area contributed by atoms with Gasteiger partial charge in [-0.2, -0.15) is 0 Å². The van der Waals surface area contributed by atoms with E-state index in [1.54, 1.807) is 0 Å². The highest BCUT2D eigenvalue weighted by Gasteiger charge is 2.19. The Hall–Kier alpha value is -1.59. The molecule has 0 unspecified atom stereocenters. The quantitative estimate of drug-likeness (QED) is 0.0344. The monoisotopic (exact) mass is 905 g/mol. The first kappa shape index (κ1) is 62.4. The third-order valence-electron chi connectivity index (χ3n) is 13.2. The molecule has 0 aliphatic heterocycles. The maximum Gasteiger partial charge on any atom is 0.306 e. The minimum Gasteiger partial charge on any atom is -0.462 e. The molecule has 0 rings (SSSR count). The minimum absolute atomic E-state index is 0.0629. The minimum atomic E-state index is -0.763. The summed E-state index contributed by atoms with van der Waals surface area (Å²) in [6.45, 7) is 11.4. The number of hydrogen-bond acceptors (Lipinski definition) is 6. The van der Waals surface area contributed by atoms with Crippen LogP contribution >= 0.6 is 0 Å². The first-order valence-electron chi connectivity index (χ1n) is 28.7. The van der Waals surface area contributed by atoms with Crippen molar-refractivity contribution in [1.82, 2.24) is 0 Å². The molecule has 0 bridgehead atoms. The van der Waals surface area contributed by atoms with Gasteiger partial charge < -0.3 is 14.2 Å². The number of ether oxygens (including phenoxy) is 3. The van der Waals surface area contributed by atoms with Crippen molar-refractivity contribution >= 4 is 17.9 Å². The van der Waals surface area contributed by atoms with Crippen LogP contribution in [0.3, 0.4) is 0 Å². The molecule has 0 saturated carbocycles. The lowest BCUT2D eigenvalue weighted by molar-refractivity contribution is -0.167. The van der Waals surface area contributed by atoms with Gasteiger partial charge in [0.15, 0.2) is 6.10 Å². The second-order valence-corrected chi connectivity index (χ2v) is 20.9. The maximum absolute atomic E-state index is 12.8. The van der Waals surface area contributed by atoms with E-state index in [1.807, 2.05) is 0 Å². The Morgan fingerprint density at radius 3 is 0.766 bits per heavy atom. The zero-order valence-corrected chi connectivity index (χ0v) is 43.9. The van der Waals surface area contributed by atoms with Gasteiger partial charge in [0.25, 0.3) is 0 Å². The first-order valence-corrected chi connectivity index (χ1v) is 28.7. The first-order chi connectivity index (χ1) is 31.2. The lowest BCUT2D eigenvalue weighted by Gasteiger charge is -2.18. The van der Waals surface area contributed by atoms with Gasteiger partial charge in [0.05, 0.1) is 0 Å². The average Bonchev–Trinajstić information content (AvgIpc) is 3.27. The highest BCUT2D eigenvalue weighted by atomic mass is 16.6. The van der Waals surface area contributed by atoms with E-state index in [-0.39, 0.29) is 31.1 Å². The summed E-state index contributed by atoms with van der Waals surface area (Å²) in [5.74, 6) is 0.811. The molecule has 0 aromatic carbocycles. The molecule has 0 saturated heterocycles. The Morgan fingerprint density at radius 2 is 0.516 bits per heavy atom. The van der Waals surface area contributed by atoms with Crippen molar-refractivity contribution in [3.63, 3.8) is 0 Å². The molecule has 0 amide bonds. The van der Waals surface area contributed by atoms with Gasteiger partial charge in [0, 0.05) is 19.3 Å². The van der Waals surface area contributed by atoms with Gasteiger partial charge in [-0.05, 0) is 31.1 Å². The zero-order chi connectivity index (χ0) is 46.8. The average molecular weight is 906 g/mol. The summed E-state index contributed by atoms with van der Waals surface area (Å²) in [6, 6.07) is 0. The van der Waals surface area contributed by atoms with Crippen LogP contribution < -0.4 is 0 Å². The van der Waals surface area contributed by atoms with Gasteiger partial charge >= 0.3 is 17.9 Å². The van der Waals surface area contributed by atoms with Crippen LogP contribution in [0, 0.1) is 11.8 Å². The fourth-order valence-electron chi connectivity index (χ4n) is 8.87. The van der Waals surface area contributed by atoms with Crippen LogP contribution in [-0.2, 0) is 28.6 Å². The third-order valence-corrected chi connectivity index (χ3v) is 13.2. The van der Waals surface area contributed by atoms with Crippen LogP contribution in [-0.4, -0.2) is 37.2 Å². The molecule has 0 radical (unpaired) electrons. The summed E-state index contributed by atoms with van der Waals surface area (Å²) in [5.41, 5.74) is 0. The largest absolute Gasteiger partial charge is 0.462 e. The Morgan fingerprint density at radius 1 is 0.297 bits per heavy atom. The van der Waals surface area contributed by atoms with Gasteiger partial charge in [-0.3, -0.25) is 14.4 Å². The molecular weight excluding hydrogens is 793 g/mol. The van der Waals surface area contributed by atoms with Crippen molar-refractivity contribution in [3.05, 3.63) is 0 Å². The second kappa shape index (κ2) is 50.8. The normalized spacial score (nSPS) is 12.0.